The largest absolute Gasteiger partial charge is 0.398 e. The van der Waals surface area contributed by atoms with E-state index in [0.29, 0.717) is 28.8 Å². The molecule has 4 N–H and O–H groups in total. The number of hydrogen-bond donors (Lipinski definition) is 2. The van der Waals surface area contributed by atoms with Gasteiger partial charge in [-0.1, -0.05) is 6.07 Å². The minimum atomic E-state index is -0.617. The lowest BCUT2D eigenvalue weighted by atomic mass is 9.90. The third kappa shape index (κ3) is 3.78. The summed E-state index contributed by atoms with van der Waals surface area (Å²) >= 11 is 0. The fraction of sp³-hybridized carbons (Fsp3) is 0.278. The van der Waals surface area contributed by atoms with Crippen LogP contribution in [0.25, 0.3) is 11.1 Å². The standard InChI is InChI=1S/C18H21N3O3/c1-11(24-2)5-8-15(22)17-14(19)7-6-13(18(20)23)16(17)12-4-3-9-21-10-12/h3-4,6-7,9-11H,5,8,19H2,1-2H3,(H2,20,23). The second-order valence-electron chi connectivity index (χ2n) is 5.57. The Morgan fingerprint density at radius 1 is 1.29 bits per heavy atom. The van der Waals surface area contributed by atoms with E-state index in [1.807, 2.05) is 6.92 Å². The first-order valence-corrected chi connectivity index (χ1v) is 7.64. The highest BCUT2D eigenvalue weighted by Crippen LogP contribution is 2.32. The number of benzene rings is 1. The molecule has 1 unspecified atom stereocenters. The Kier molecular flexibility index (Phi) is 5.65. The van der Waals surface area contributed by atoms with Gasteiger partial charge in [-0.2, -0.15) is 0 Å². The zero-order valence-electron chi connectivity index (χ0n) is 13.8. The molecule has 2 aromatic rings. The summed E-state index contributed by atoms with van der Waals surface area (Å²) in [4.78, 5) is 28.6. The summed E-state index contributed by atoms with van der Waals surface area (Å²) in [5, 5.41) is 0. The molecule has 1 aromatic heterocycles. The van der Waals surface area contributed by atoms with Crippen LogP contribution in [0.1, 0.15) is 40.5 Å². The van der Waals surface area contributed by atoms with E-state index in [1.54, 1.807) is 31.6 Å². The van der Waals surface area contributed by atoms with E-state index in [2.05, 4.69) is 4.98 Å². The Balaban J connectivity index is 2.55. The number of carbonyl (C=O) groups excluding carboxylic acids is 2. The van der Waals surface area contributed by atoms with Gasteiger partial charge in [-0.3, -0.25) is 14.6 Å². The molecule has 126 valence electrons. The van der Waals surface area contributed by atoms with Gasteiger partial charge in [0.15, 0.2) is 5.78 Å². The molecule has 0 aliphatic heterocycles. The Morgan fingerprint density at radius 3 is 2.62 bits per heavy atom. The van der Waals surface area contributed by atoms with E-state index in [-0.39, 0.29) is 23.9 Å². The second-order valence-corrected chi connectivity index (χ2v) is 5.57. The van der Waals surface area contributed by atoms with Crippen LogP contribution in [0.4, 0.5) is 5.69 Å². The van der Waals surface area contributed by atoms with E-state index >= 15 is 0 Å². The Labute approximate surface area is 140 Å². The predicted octanol–water partition coefficient (Wildman–Crippen LogP) is 2.43. The molecule has 1 aromatic carbocycles. The molecule has 1 amide bonds. The van der Waals surface area contributed by atoms with Gasteiger partial charge in [0.05, 0.1) is 6.10 Å². The molecule has 0 bridgehead atoms. The lowest BCUT2D eigenvalue weighted by molar-refractivity contribution is 0.0879. The minimum Gasteiger partial charge on any atom is -0.398 e. The fourth-order valence-corrected chi connectivity index (χ4v) is 2.51. The van der Waals surface area contributed by atoms with Crippen LogP contribution in [-0.4, -0.2) is 29.9 Å². The Hall–Kier alpha value is -2.73. The van der Waals surface area contributed by atoms with Gasteiger partial charge in [-0.15, -0.1) is 0 Å². The monoisotopic (exact) mass is 327 g/mol. The number of primary amides is 1. The Morgan fingerprint density at radius 2 is 2.04 bits per heavy atom. The quantitative estimate of drug-likeness (QED) is 0.599. The number of anilines is 1. The van der Waals surface area contributed by atoms with Gasteiger partial charge in [0, 0.05) is 53.9 Å². The molecule has 0 aliphatic carbocycles. The number of hydrogen-bond acceptors (Lipinski definition) is 5. The van der Waals surface area contributed by atoms with Crippen LogP contribution in [0.5, 0.6) is 0 Å². The number of aromatic nitrogens is 1. The van der Waals surface area contributed by atoms with Crippen molar-refractivity contribution in [3.05, 3.63) is 47.8 Å². The van der Waals surface area contributed by atoms with Crippen molar-refractivity contribution in [1.82, 2.24) is 4.98 Å². The lowest BCUT2D eigenvalue weighted by Crippen LogP contribution is -2.17. The van der Waals surface area contributed by atoms with Gasteiger partial charge in [-0.25, -0.2) is 0 Å². The van der Waals surface area contributed by atoms with E-state index < -0.39 is 5.91 Å². The van der Waals surface area contributed by atoms with E-state index in [0.717, 1.165) is 0 Å². The first-order valence-electron chi connectivity index (χ1n) is 7.64. The summed E-state index contributed by atoms with van der Waals surface area (Å²) in [5.74, 6) is -0.772. The smallest absolute Gasteiger partial charge is 0.249 e. The lowest BCUT2D eigenvalue weighted by Gasteiger charge is -2.16. The first kappa shape index (κ1) is 17.6. The summed E-state index contributed by atoms with van der Waals surface area (Å²) < 4.78 is 5.18. The van der Waals surface area contributed by atoms with Crippen LogP contribution in [0.3, 0.4) is 0 Å². The molecule has 0 fully saturated rings. The zero-order chi connectivity index (χ0) is 17.7. The average molecular weight is 327 g/mol. The molecule has 0 saturated carbocycles. The number of ether oxygens (including phenoxy) is 1. The number of methoxy groups -OCH3 is 1. The van der Waals surface area contributed by atoms with Gasteiger partial charge in [0.25, 0.3) is 0 Å². The first-order chi connectivity index (χ1) is 11.5. The van der Waals surface area contributed by atoms with Crippen molar-refractivity contribution in [3.63, 3.8) is 0 Å². The number of rotatable bonds is 7. The molecule has 0 spiro atoms. The van der Waals surface area contributed by atoms with E-state index in [9.17, 15) is 9.59 Å². The highest BCUT2D eigenvalue weighted by molar-refractivity contribution is 6.12. The van der Waals surface area contributed by atoms with Gasteiger partial charge < -0.3 is 16.2 Å². The Bertz CT molecular complexity index is 745. The second kappa shape index (κ2) is 7.70. The molecule has 6 nitrogen and oxygen atoms in total. The SMILES string of the molecule is COC(C)CCC(=O)c1c(N)ccc(C(N)=O)c1-c1cccnc1. The van der Waals surface area contributed by atoms with Crippen LogP contribution in [0, 0.1) is 0 Å². The van der Waals surface area contributed by atoms with E-state index in [4.69, 9.17) is 16.2 Å². The maximum atomic E-state index is 12.7. The number of nitrogens with two attached hydrogens (primary N) is 2. The van der Waals surface area contributed by atoms with Crippen LogP contribution >= 0.6 is 0 Å². The average Bonchev–Trinajstić information content (AvgIpc) is 2.59. The number of nitrogen functional groups attached to an aromatic ring is 1. The molecule has 0 saturated heterocycles. The minimum absolute atomic E-state index is 0.0451. The molecule has 6 heteroatoms. The van der Waals surface area contributed by atoms with Crippen LogP contribution in [0.2, 0.25) is 0 Å². The highest BCUT2D eigenvalue weighted by atomic mass is 16.5. The molecule has 1 heterocycles. The molecule has 2 rings (SSSR count). The molecule has 0 radical (unpaired) electrons. The van der Waals surface area contributed by atoms with Gasteiger partial charge in [-0.05, 0) is 31.5 Å². The van der Waals surface area contributed by atoms with E-state index in [1.165, 1.54) is 12.1 Å². The number of nitrogens with zero attached hydrogens (tertiary/aromatic N) is 1. The van der Waals surface area contributed by atoms with Crippen molar-refractivity contribution >= 4 is 17.4 Å². The third-order valence-corrected chi connectivity index (χ3v) is 3.91. The fourth-order valence-electron chi connectivity index (χ4n) is 2.51. The number of amides is 1. The topological polar surface area (TPSA) is 108 Å². The molecule has 24 heavy (non-hydrogen) atoms. The summed E-state index contributed by atoms with van der Waals surface area (Å²) in [5.41, 5.74) is 13.5. The molecular formula is C18H21N3O3. The van der Waals surface area contributed by atoms with Gasteiger partial charge >= 0.3 is 0 Å². The number of Topliss-reactive ketones (excluding diaryl/α,β-unsaturated/α-hetero) is 1. The van der Waals surface area contributed by atoms with Crippen LogP contribution < -0.4 is 11.5 Å². The number of pyridine rings is 1. The van der Waals surface area contributed by atoms with Crippen LogP contribution in [-0.2, 0) is 4.74 Å². The third-order valence-electron chi connectivity index (χ3n) is 3.91. The highest BCUT2D eigenvalue weighted by Gasteiger charge is 2.22. The summed E-state index contributed by atoms with van der Waals surface area (Å²) in [7, 11) is 1.60. The van der Waals surface area contributed by atoms with Crippen LogP contribution in [0.15, 0.2) is 36.7 Å². The number of ketones is 1. The maximum absolute atomic E-state index is 12.7. The summed E-state index contributed by atoms with van der Waals surface area (Å²) in [6, 6.07) is 6.56. The zero-order valence-corrected chi connectivity index (χ0v) is 13.8. The predicted molar refractivity (Wildman–Crippen MR) is 92.6 cm³/mol. The summed E-state index contributed by atoms with van der Waals surface area (Å²) in [6.07, 6.45) is 3.96. The van der Waals surface area contributed by atoms with Crippen molar-refractivity contribution in [2.75, 3.05) is 12.8 Å². The van der Waals surface area contributed by atoms with Gasteiger partial charge in [0.2, 0.25) is 5.91 Å². The van der Waals surface area contributed by atoms with Crippen molar-refractivity contribution in [2.45, 2.75) is 25.9 Å². The molecular weight excluding hydrogens is 306 g/mol. The number of carbonyl (C=O) groups is 2. The maximum Gasteiger partial charge on any atom is 0.249 e. The molecule has 1 atom stereocenters. The molecule has 0 aliphatic rings. The van der Waals surface area contributed by atoms with Crippen molar-refractivity contribution in [1.29, 1.82) is 0 Å². The van der Waals surface area contributed by atoms with Crippen molar-refractivity contribution < 1.29 is 14.3 Å². The van der Waals surface area contributed by atoms with Crippen molar-refractivity contribution in [2.24, 2.45) is 5.73 Å². The van der Waals surface area contributed by atoms with Crippen molar-refractivity contribution in [3.8, 4) is 11.1 Å². The normalized spacial score (nSPS) is 11.9. The van der Waals surface area contributed by atoms with Gasteiger partial charge in [0.1, 0.15) is 0 Å². The summed E-state index contributed by atoms with van der Waals surface area (Å²) in [6.45, 7) is 1.89.